The fourth-order valence-corrected chi connectivity index (χ4v) is 8.33. The first-order valence-electron chi connectivity index (χ1n) is 23.5. The molecule has 68 heavy (non-hydrogen) atoms. The second kappa shape index (κ2) is 26.5. The van der Waals surface area contributed by atoms with Gasteiger partial charge in [-0.25, -0.2) is 19.6 Å². The van der Waals surface area contributed by atoms with Crippen molar-refractivity contribution in [3.63, 3.8) is 0 Å². The Balaban J connectivity index is 1.21. The maximum atomic E-state index is 13.9. The van der Waals surface area contributed by atoms with Crippen LogP contribution in [0.4, 0.5) is 9.59 Å². The molecule has 5 rings (SSSR count). The average molecular weight is 932 g/mol. The molecule has 16 nitrogen and oxygen atoms in total. The first-order chi connectivity index (χ1) is 32.8. The predicted molar refractivity (Wildman–Crippen MR) is 262 cm³/mol. The van der Waals surface area contributed by atoms with Gasteiger partial charge in [0.25, 0.3) is 0 Å². The number of urea groups is 1. The zero-order valence-corrected chi connectivity index (χ0v) is 39.9. The van der Waals surface area contributed by atoms with Crippen LogP contribution in [-0.4, -0.2) is 98.0 Å². The van der Waals surface area contributed by atoms with Gasteiger partial charge >= 0.3 is 12.1 Å². The molecule has 0 radical (unpaired) electrons. The molecule has 0 saturated carbocycles. The maximum Gasteiger partial charge on any atom is 0.407 e. The van der Waals surface area contributed by atoms with E-state index in [-0.39, 0.29) is 43.1 Å². The van der Waals surface area contributed by atoms with Crippen molar-refractivity contribution in [1.82, 2.24) is 45.3 Å². The number of amides is 4. The van der Waals surface area contributed by atoms with E-state index >= 15 is 0 Å². The van der Waals surface area contributed by atoms with Crippen molar-refractivity contribution in [3.8, 4) is 11.1 Å². The number of nitrogens with zero attached hydrogens (tertiary/aromatic N) is 5. The number of benzene rings is 2. The van der Waals surface area contributed by atoms with Gasteiger partial charge in [-0.1, -0.05) is 67.3 Å². The summed E-state index contributed by atoms with van der Waals surface area (Å²) in [5, 5.41) is 11.6. The fraction of sp³-hybridized carbons (Fsp3) is 0.442. The highest BCUT2D eigenvalue weighted by molar-refractivity contribution is 5.85. The van der Waals surface area contributed by atoms with Crippen molar-refractivity contribution in [2.45, 2.75) is 128 Å². The quantitative estimate of drug-likeness (QED) is 0.0178. The Kier molecular flexibility index (Phi) is 20.3. The minimum Gasteiger partial charge on any atom is -0.491 e. The molecule has 364 valence electrons. The molecule has 0 fully saturated rings. The molecule has 0 spiro atoms. The van der Waals surface area contributed by atoms with E-state index in [0.717, 1.165) is 46.5 Å². The normalized spacial score (nSPS) is 13.3. The number of hydrogen-bond donors (Lipinski definition) is 4. The molecule has 4 N–H and O–H groups in total. The van der Waals surface area contributed by atoms with Crippen molar-refractivity contribution < 1.29 is 33.4 Å². The first kappa shape index (κ1) is 52.2. The number of nitrogens with one attached hydrogen (secondary N) is 4. The van der Waals surface area contributed by atoms with E-state index in [4.69, 9.17) is 9.47 Å². The highest BCUT2D eigenvalue weighted by Gasteiger charge is 2.30. The number of unbranched alkanes of at least 4 members (excludes halogenated alkanes) is 2. The van der Waals surface area contributed by atoms with Crippen LogP contribution >= 0.6 is 0 Å². The van der Waals surface area contributed by atoms with E-state index in [1.54, 1.807) is 30.7 Å². The molecular formula is C52H69N9O7. The molecule has 0 bridgehead atoms. The lowest BCUT2D eigenvalue weighted by atomic mass is 9.98. The van der Waals surface area contributed by atoms with Crippen molar-refractivity contribution in [2.75, 3.05) is 19.7 Å². The standard InChI is InChI=1S/C52H69N9O7/c1-7-39(56-50(65)57-40(8-2)19-17-32-62)18-13-15-25-55-49(64)46(58-51(66)67-37-45-43-22-11-9-20-41(43)42-21-10-12-23-44(42)45)24-14-16-28-59(35-47-53-26-29-60(47)31-33-63)36-48-54-27-30-61(48)34-38(3)68-52(4,5)6/h7-12,20-23,26-27,29-30,32-33,39-40,45-46H,1-3,13-19,24-25,28,31,34-37H2,4-6H3,(H,55,64)(H,58,66)(H2,56,57,65)/t39-,40-,46+/m0/s1. The van der Waals surface area contributed by atoms with Crippen LogP contribution in [0.3, 0.4) is 0 Å². The minimum absolute atomic E-state index is 0.109. The van der Waals surface area contributed by atoms with Gasteiger partial charge in [0.15, 0.2) is 0 Å². The Morgan fingerprint density at radius 1 is 0.794 bits per heavy atom. The van der Waals surface area contributed by atoms with Crippen LogP contribution < -0.4 is 21.3 Å². The largest absolute Gasteiger partial charge is 0.491 e. The van der Waals surface area contributed by atoms with Crippen LogP contribution in [0.2, 0.25) is 0 Å². The Bertz CT molecular complexity index is 2270. The van der Waals surface area contributed by atoms with E-state index in [2.05, 4.69) is 80.1 Å². The van der Waals surface area contributed by atoms with Gasteiger partial charge in [-0.05, 0) is 94.5 Å². The van der Waals surface area contributed by atoms with Crippen LogP contribution in [0, 0.1) is 0 Å². The molecule has 1 aliphatic rings. The van der Waals surface area contributed by atoms with Gasteiger partial charge in [-0.2, -0.15) is 0 Å². The van der Waals surface area contributed by atoms with Crippen molar-refractivity contribution >= 4 is 30.6 Å². The number of aldehydes is 2. The van der Waals surface area contributed by atoms with Gasteiger partial charge < -0.3 is 49.5 Å². The highest BCUT2D eigenvalue weighted by atomic mass is 16.5. The number of ether oxygens (including phenoxy) is 2. The summed E-state index contributed by atoms with van der Waals surface area (Å²) in [5.41, 5.74) is 4.02. The van der Waals surface area contributed by atoms with Crippen LogP contribution in [0.25, 0.3) is 11.1 Å². The molecule has 4 aromatic rings. The molecule has 0 aliphatic heterocycles. The van der Waals surface area contributed by atoms with Gasteiger partial charge in [0.05, 0.1) is 26.2 Å². The minimum atomic E-state index is -0.873. The summed E-state index contributed by atoms with van der Waals surface area (Å²) in [7, 11) is 0. The lowest BCUT2D eigenvalue weighted by Gasteiger charge is -2.25. The van der Waals surface area contributed by atoms with E-state index in [1.807, 2.05) is 60.4 Å². The summed E-state index contributed by atoms with van der Waals surface area (Å²) in [5.74, 6) is 1.68. The number of alkyl carbamates (subject to hydrolysis) is 1. The smallest absolute Gasteiger partial charge is 0.407 e. The number of carbonyl (C=O) groups is 5. The summed E-state index contributed by atoms with van der Waals surface area (Å²) in [6, 6.07) is 14.3. The number of aromatic nitrogens is 4. The van der Waals surface area contributed by atoms with Crippen LogP contribution in [0.15, 0.2) is 111 Å². The van der Waals surface area contributed by atoms with Crippen molar-refractivity contribution in [1.29, 1.82) is 0 Å². The summed E-state index contributed by atoms with van der Waals surface area (Å²) in [6.07, 6.45) is 15.6. The van der Waals surface area contributed by atoms with Crippen molar-refractivity contribution in [3.05, 3.63) is 134 Å². The number of hydrogen-bond acceptors (Lipinski definition) is 10. The lowest BCUT2D eigenvalue weighted by molar-refractivity contribution is -0.123. The second-order valence-electron chi connectivity index (χ2n) is 17.9. The molecule has 2 aromatic carbocycles. The molecule has 0 saturated heterocycles. The van der Waals surface area contributed by atoms with Gasteiger partial charge in [0.1, 0.15) is 48.2 Å². The Morgan fingerprint density at radius 3 is 2.01 bits per heavy atom. The zero-order chi connectivity index (χ0) is 48.9. The molecule has 2 heterocycles. The topological polar surface area (TPSA) is 191 Å². The van der Waals surface area contributed by atoms with Gasteiger partial charge in [0, 0.05) is 55.8 Å². The third kappa shape index (κ3) is 16.2. The van der Waals surface area contributed by atoms with Crippen molar-refractivity contribution in [2.24, 2.45) is 0 Å². The maximum absolute atomic E-state index is 13.9. The molecular weight excluding hydrogens is 863 g/mol. The monoisotopic (exact) mass is 932 g/mol. The molecule has 0 unspecified atom stereocenters. The third-order valence-electron chi connectivity index (χ3n) is 11.6. The number of rotatable bonds is 30. The average Bonchev–Trinajstić information content (AvgIpc) is 4.03. The van der Waals surface area contributed by atoms with E-state index in [1.165, 1.54) is 0 Å². The summed E-state index contributed by atoms with van der Waals surface area (Å²) in [6.45, 7) is 20.2. The van der Waals surface area contributed by atoms with E-state index < -0.39 is 17.7 Å². The molecule has 4 amide bonds. The summed E-state index contributed by atoms with van der Waals surface area (Å²) >= 11 is 0. The fourth-order valence-electron chi connectivity index (χ4n) is 8.33. The van der Waals surface area contributed by atoms with E-state index in [9.17, 15) is 24.0 Å². The molecule has 3 atom stereocenters. The van der Waals surface area contributed by atoms with Crippen LogP contribution in [0.1, 0.15) is 101 Å². The number of allylic oxidation sites excluding steroid dienone is 1. The second-order valence-corrected chi connectivity index (χ2v) is 17.9. The van der Waals surface area contributed by atoms with Gasteiger partial charge in [0.2, 0.25) is 5.91 Å². The molecule has 2 aromatic heterocycles. The first-order valence-corrected chi connectivity index (χ1v) is 23.5. The third-order valence-corrected chi connectivity index (χ3v) is 11.6. The Hall–Kier alpha value is -6.81. The van der Waals surface area contributed by atoms with Crippen LogP contribution in [-0.2, 0) is 50.0 Å². The summed E-state index contributed by atoms with van der Waals surface area (Å²) in [4.78, 5) is 73.7. The number of fused-ring (bicyclic) bond motifs is 3. The van der Waals surface area contributed by atoms with Crippen LogP contribution in [0.5, 0.6) is 0 Å². The lowest BCUT2D eigenvalue weighted by Crippen LogP contribution is -2.47. The summed E-state index contributed by atoms with van der Waals surface area (Å²) < 4.78 is 15.7. The van der Waals surface area contributed by atoms with E-state index in [0.29, 0.717) is 89.8 Å². The predicted octanol–water partition coefficient (Wildman–Crippen LogP) is 7.36. The Morgan fingerprint density at radius 2 is 1.40 bits per heavy atom. The zero-order valence-electron chi connectivity index (χ0n) is 39.9. The Labute approximate surface area is 400 Å². The number of imidazole rings is 2. The molecule has 1 aliphatic carbocycles. The number of carbonyl (C=O) groups excluding carboxylic acids is 5. The van der Waals surface area contributed by atoms with Gasteiger partial charge in [-0.15, -0.1) is 13.2 Å². The SMILES string of the molecule is C=C[C@@H](CCC=O)NC(=O)N[C@@H](C=C)CCCCNC(=O)[C@@H](CCCCN(Cc1nccn1CC=O)Cc1nccn1CC(=C)OC(C)(C)C)NC(=O)OCC1c2ccccc2-c2ccccc21. The highest BCUT2D eigenvalue weighted by Crippen LogP contribution is 2.44. The van der Waals surface area contributed by atoms with Gasteiger partial charge in [-0.3, -0.25) is 9.69 Å². The molecule has 16 heteroatoms.